The van der Waals surface area contributed by atoms with Gasteiger partial charge in [0, 0.05) is 12.8 Å². The fourth-order valence-electron chi connectivity index (χ4n) is 7.19. The monoisotopic (exact) mass is 1910 g/mol. The van der Waals surface area contributed by atoms with E-state index in [0.717, 1.165) is 0 Å². The van der Waals surface area contributed by atoms with Crippen LogP contribution in [0.1, 0.15) is 12.8 Å². The zero-order chi connectivity index (χ0) is 93.7. The largest absolute Gasteiger partial charge is 0.472 e. The highest BCUT2D eigenvalue weighted by atomic mass is 31.2. The first kappa shape index (κ1) is 111. The van der Waals surface area contributed by atoms with Gasteiger partial charge < -0.3 is 11.0 Å². The SMILES string of the molecule is N.O=P(O)(OCCC(F)(F)C(F)(F)C(F)(F)C(F)(F)C(F)(F)C(F)(F)C(F)(F)C(F)(F)C(F)(F)C(F)(F)C(F)(F)C(F)(F)C(F)(F)C(F)(F)C(F)(C(F)(F)F)C(F)(F)F)OCCC(F)(F)C(F)(F)C(F)(F)C(F)(F)C(F)(F)C(F)(F)C(F)(F)C(F)(F)C(F)(F)C(F)(F)C(F)(F)C(F)(F)C(F)(F)C(F)(F)C(F)(C(F)(F)F)C(F)(F)F. The summed E-state index contributed by atoms with van der Waals surface area (Å²) >= 11 is 0. The molecule has 688 valence electrons. The topological polar surface area (TPSA) is 90.8 Å². The smallest absolute Gasteiger partial charge is 0.344 e. The van der Waals surface area contributed by atoms with Crippen LogP contribution in [0.25, 0.3) is 0 Å². The number of hydrogen-bond donors (Lipinski definition) is 2. The predicted octanol–water partition coefficient (Wildman–Crippen LogP) is 23.5. The van der Waals surface area contributed by atoms with Crippen LogP contribution < -0.4 is 6.15 Å². The first-order valence-electron chi connectivity index (χ1n) is 24.3. The summed E-state index contributed by atoms with van der Waals surface area (Å²) in [4.78, 5) is 9.07. The third kappa shape index (κ3) is 13.5. The van der Waals surface area contributed by atoms with Gasteiger partial charge in [-0.1, -0.05) is 0 Å². The van der Waals surface area contributed by atoms with Crippen molar-refractivity contribution in [3.63, 3.8) is 0 Å². The third-order valence-electron chi connectivity index (χ3n) is 14.2. The number of phosphoric ester groups is 1. The van der Waals surface area contributed by atoms with Gasteiger partial charge in [-0.05, 0) is 0 Å². The Morgan fingerprint density at radius 2 is 0.254 bits per heavy atom. The molecular weight excluding hydrogens is 1900 g/mol. The molecule has 0 unspecified atom stereocenters. The molecule has 0 rings (SSSR count). The van der Waals surface area contributed by atoms with Gasteiger partial charge in [-0.2, -0.15) is 299 Å². The molecular formula is C38H12F70NO4P. The van der Waals surface area contributed by atoms with Crippen molar-refractivity contribution in [1.82, 2.24) is 6.15 Å². The summed E-state index contributed by atoms with van der Waals surface area (Å²) in [6.45, 7) is -7.70. The summed E-state index contributed by atoms with van der Waals surface area (Å²) in [7, 11) is -7.76. The Labute approximate surface area is 569 Å². The van der Waals surface area contributed by atoms with Crippen molar-refractivity contribution in [2.24, 2.45) is 0 Å². The van der Waals surface area contributed by atoms with Gasteiger partial charge in [0.15, 0.2) is 0 Å². The van der Waals surface area contributed by atoms with E-state index in [0.29, 0.717) is 0 Å². The Bertz CT molecular complexity index is 3160. The van der Waals surface area contributed by atoms with E-state index in [-0.39, 0.29) is 6.15 Å². The molecule has 0 atom stereocenters. The van der Waals surface area contributed by atoms with Gasteiger partial charge in [0.2, 0.25) is 0 Å². The fraction of sp³-hybridized carbons (Fsp3) is 1.00. The van der Waals surface area contributed by atoms with Crippen molar-refractivity contribution in [3.05, 3.63) is 0 Å². The minimum Gasteiger partial charge on any atom is -0.344 e. The van der Waals surface area contributed by atoms with Gasteiger partial charge in [0.1, 0.15) is 0 Å². The minimum absolute atomic E-state index is 0. The second-order valence-corrected chi connectivity index (χ2v) is 22.7. The predicted molar refractivity (Wildman–Crippen MR) is 206 cm³/mol. The number of alkyl halides is 70. The molecule has 0 saturated carbocycles. The van der Waals surface area contributed by atoms with Crippen molar-refractivity contribution in [2.45, 2.75) is 215 Å². The summed E-state index contributed by atoms with van der Waals surface area (Å²) in [6.07, 6.45) is -45.6. The van der Waals surface area contributed by atoms with Crippen LogP contribution >= 0.6 is 7.82 Å². The van der Waals surface area contributed by atoms with Crippen LogP contribution in [0.4, 0.5) is 307 Å². The zero-order valence-electron chi connectivity index (χ0n) is 49.1. The van der Waals surface area contributed by atoms with E-state index in [1.165, 1.54) is 0 Å². The van der Waals surface area contributed by atoms with E-state index in [1.54, 1.807) is 0 Å². The first-order valence-corrected chi connectivity index (χ1v) is 25.8. The molecule has 5 nitrogen and oxygen atoms in total. The maximum atomic E-state index is 14.3. The Kier molecular flexibility index (Phi) is 27.2. The van der Waals surface area contributed by atoms with Crippen LogP contribution in [0, 0.1) is 0 Å². The van der Waals surface area contributed by atoms with Gasteiger partial charge in [-0.3, -0.25) is 9.05 Å². The van der Waals surface area contributed by atoms with Gasteiger partial charge >= 0.3 is 210 Å². The van der Waals surface area contributed by atoms with Crippen LogP contribution in [-0.2, 0) is 13.6 Å². The van der Waals surface area contributed by atoms with Crippen molar-refractivity contribution < 1.29 is 326 Å². The lowest BCUT2D eigenvalue weighted by Gasteiger charge is -2.47. The van der Waals surface area contributed by atoms with Gasteiger partial charge in [0.05, 0.1) is 13.2 Å². The Hall–Kier alpha value is -4.83. The van der Waals surface area contributed by atoms with Gasteiger partial charge in [-0.15, -0.1) is 0 Å². The highest BCUT2D eigenvalue weighted by Gasteiger charge is 3.06. The number of hydrogen-bond acceptors (Lipinski definition) is 4. The maximum absolute atomic E-state index is 14.3. The lowest BCUT2D eigenvalue weighted by Crippen LogP contribution is -2.80. The molecule has 0 aliphatic rings. The van der Waals surface area contributed by atoms with Crippen LogP contribution in [0.5, 0.6) is 0 Å². The summed E-state index contributed by atoms with van der Waals surface area (Å²) in [5, 5.41) is 0. The standard InChI is InChI=1S/C38H9F70O4P.H3N/c39-5(40,9(45,46)13(53,54)17(61,62)21(69,70)25(77,78)29(85,86)33(93,94)31(89,90)27(81,82)23(73,74)19(65,66)15(57,58)11(49,50)7(43,35(97,98)99)36(100,101)102)1-3-111-113(109,110)112-4-2-6(41,42)10(47,48)14(55,56)18(63,64)22(71,72)26(79,80)30(87,88)34(95,96)32(91,92)28(83,84)24(75,76)20(67,68)16(59,60)12(51,52)8(44,37(103,104)105)38(106,107)108;/h1-4H2,(H,109,110);1H3. The Morgan fingerprint density at radius 1 is 0.167 bits per heavy atom. The third-order valence-corrected chi connectivity index (χ3v) is 15.2. The number of phosphoric acid groups is 1. The molecule has 0 amide bonds. The van der Waals surface area contributed by atoms with Crippen molar-refractivity contribution in [2.75, 3.05) is 13.2 Å². The summed E-state index contributed by atoms with van der Waals surface area (Å²) in [6, 6.07) is 0. The minimum atomic E-state index is -10.8. The molecule has 0 aromatic carbocycles. The normalized spacial score (nSPS) is 17.3. The second kappa shape index (κ2) is 27.9. The molecule has 0 heterocycles. The maximum Gasteiger partial charge on any atom is 0.472 e. The lowest BCUT2D eigenvalue weighted by molar-refractivity contribution is -0.493. The number of halogens is 70. The van der Waals surface area contributed by atoms with Crippen LogP contribution in [0.15, 0.2) is 0 Å². The van der Waals surface area contributed by atoms with Gasteiger partial charge in [-0.25, -0.2) is 13.3 Å². The van der Waals surface area contributed by atoms with E-state index in [1.807, 2.05) is 0 Å². The van der Waals surface area contributed by atoms with Crippen molar-refractivity contribution in [3.8, 4) is 0 Å². The highest BCUT2D eigenvalue weighted by molar-refractivity contribution is 7.47. The van der Waals surface area contributed by atoms with Crippen molar-refractivity contribution in [1.29, 1.82) is 0 Å². The van der Waals surface area contributed by atoms with E-state index in [2.05, 4.69) is 9.05 Å². The molecule has 0 fully saturated rings. The Balaban J connectivity index is 0. The molecule has 0 radical (unpaired) electrons. The molecule has 0 spiro atoms. The molecule has 0 aromatic heterocycles. The Morgan fingerprint density at radius 3 is 0.351 bits per heavy atom. The fourth-order valence-corrected chi connectivity index (χ4v) is 7.91. The molecule has 0 bridgehead atoms. The lowest BCUT2D eigenvalue weighted by atomic mass is 9.81. The van der Waals surface area contributed by atoms with Crippen LogP contribution in [0.2, 0.25) is 0 Å². The summed E-state index contributed by atoms with van der Waals surface area (Å²) < 4.78 is 989. The molecule has 4 N–H and O–H groups in total. The molecule has 0 aromatic rings. The van der Waals surface area contributed by atoms with Crippen LogP contribution in [-0.4, -0.2) is 220 Å². The molecule has 0 aliphatic carbocycles. The van der Waals surface area contributed by atoms with E-state index < -0.39 is 236 Å². The molecule has 76 heteroatoms. The second-order valence-electron chi connectivity index (χ2n) is 21.3. The van der Waals surface area contributed by atoms with E-state index in [4.69, 9.17) is 4.89 Å². The van der Waals surface area contributed by atoms with Crippen molar-refractivity contribution >= 4 is 7.82 Å². The average molecular weight is 1910 g/mol. The molecule has 0 saturated heterocycles. The summed E-state index contributed by atoms with van der Waals surface area (Å²) in [5.74, 6) is -288. The van der Waals surface area contributed by atoms with Gasteiger partial charge in [0.25, 0.3) is 0 Å². The zero-order valence-corrected chi connectivity index (χ0v) is 50.0. The number of rotatable bonds is 36. The molecule has 0 aliphatic heterocycles. The average Bonchev–Trinajstić information content (AvgIpc) is 0.678. The van der Waals surface area contributed by atoms with E-state index >= 15 is 0 Å². The van der Waals surface area contributed by atoms with E-state index in [9.17, 15) is 312 Å². The quantitative estimate of drug-likeness (QED) is 0.0482. The highest BCUT2D eigenvalue weighted by Crippen LogP contribution is 2.75. The summed E-state index contributed by atoms with van der Waals surface area (Å²) in [5.41, 5.74) is -19.5. The van der Waals surface area contributed by atoms with Crippen LogP contribution in [0.3, 0.4) is 0 Å². The first-order chi connectivity index (χ1) is 47.4. The molecule has 114 heavy (non-hydrogen) atoms.